The van der Waals surface area contributed by atoms with E-state index in [0.717, 1.165) is 38.7 Å². The largest absolute Gasteiger partial charge is 0.361 e. The van der Waals surface area contributed by atoms with E-state index in [0.29, 0.717) is 11.3 Å². The number of aryl methyl sites for hydroxylation is 2. The Kier molecular flexibility index (Phi) is 4.95. The van der Waals surface area contributed by atoms with Crippen LogP contribution in [0.4, 0.5) is 0 Å². The lowest BCUT2D eigenvalue weighted by Gasteiger charge is -2.27. The van der Waals surface area contributed by atoms with Crippen molar-refractivity contribution in [1.29, 1.82) is 0 Å². The SMILES string of the molecule is Cc1cc(C)c(C)c(S(=O)(=O)NC(C)(C)Cc2c[nH]c3ccccc23)c1C. The van der Waals surface area contributed by atoms with E-state index in [9.17, 15) is 8.42 Å². The molecule has 0 spiro atoms. The maximum atomic E-state index is 13.3. The van der Waals surface area contributed by atoms with E-state index in [4.69, 9.17) is 0 Å². The highest BCUT2D eigenvalue weighted by Crippen LogP contribution is 2.28. The van der Waals surface area contributed by atoms with Crippen LogP contribution in [0.25, 0.3) is 10.9 Å². The van der Waals surface area contributed by atoms with Crippen LogP contribution in [-0.4, -0.2) is 18.9 Å². The number of fused-ring (bicyclic) bond motifs is 1. The summed E-state index contributed by atoms with van der Waals surface area (Å²) in [5.74, 6) is 0. The molecule has 0 fully saturated rings. The highest BCUT2D eigenvalue weighted by atomic mass is 32.2. The van der Waals surface area contributed by atoms with Gasteiger partial charge in [0.05, 0.1) is 4.90 Å². The van der Waals surface area contributed by atoms with E-state index in [1.807, 2.05) is 72.0 Å². The third kappa shape index (κ3) is 3.80. The average Bonchev–Trinajstić information content (AvgIpc) is 2.94. The lowest BCUT2D eigenvalue weighted by molar-refractivity contribution is 0.451. The Bertz CT molecular complexity index is 1080. The van der Waals surface area contributed by atoms with Gasteiger partial charge in [-0.2, -0.15) is 0 Å². The quantitative estimate of drug-likeness (QED) is 0.670. The molecule has 3 aromatic rings. The van der Waals surface area contributed by atoms with Gasteiger partial charge in [-0.1, -0.05) is 24.3 Å². The third-order valence-electron chi connectivity index (χ3n) is 5.28. The molecule has 4 nitrogen and oxygen atoms in total. The van der Waals surface area contributed by atoms with E-state index in [-0.39, 0.29) is 0 Å². The molecule has 0 radical (unpaired) electrons. The zero-order valence-electron chi connectivity index (χ0n) is 16.9. The molecule has 2 N–H and O–H groups in total. The topological polar surface area (TPSA) is 62.0 Å². The monoisotopic (exact) mass is 384 g/mol. The van der Waals surface area contributed by atoms with E-state index in [1.165, 1.54) is 0 Å². The van der Waals surface area contributed by atoms with Crippen LogP contribution in [-0.2, 0) is 16.4 Å². The smallest absolute Gasteiger partial charge is 0.241 e. The van der Waals surface area contributed by atoms with Gasteiger partial charge in [0, 0.05) is 22.6 Å². The Morgan fingerprint density at radius 3 is 2.22 bits per heavy atom. The van der Waals surface area contributed by atoms with Gasteiger partial charge in [0.25, 0.3) is 0 Å². The number of hydrogen-bond donors (Lipinski definition) is 2. The summed E-state index contributed by atoms with van der Waals surface area (Å²) in [7, 11) is -3.64. The molecule has 3 rings (SSSR count). The van der Waals surface area contributed by atoms with Gasteiger partial charge in [0.2, 0.25) is 10.0 Å². The summed E-state index contributed by atoms with van der Waals surface area (Å²) >= 11 is 0. The van der Waals surface area contributed by atoms with Crippen LogP contribution >= 0.6 is 0 Å². The number of sulfonamides is 1. The molecule has 1 heterocycles. The number of benzene rings is 2. The summed E-state index contributed by atoms with van der Waals surface area (Å²) < 4.78 is 29.5. The number of nitrogens with one attached hydrogen (secondary N) is 2. The highest BCUT2D eigenvalue weighted by Gasteiger charge is 2.30. The van der Waals surface area contributed by atoms with Crippen molar-refractivity contribution in [2.24, 2.45) is 0 Å². The normalized spacial score (nSPS) is 12.7. The predicted octanol–water partition coefficient (Wildman–Crippen LogP) is 4.70. The van der Waals surface area contributed by atoms with Gasteiger partial charge >= 0.3 is 0 Å². The molecule has 0 atom stereocenters. The molecular formula is C22H28N2O2S. The first-order valence-corrected chi connectivity index (χ1v) is 10.7. The number of aromatic nitrogens is 1. The molecule has 0 aliphatic heterocycles. The van der Waals surface area contributed by atoms with E-state index < -0.39 is 15.6 Å². The van der Waals surface area contributed by atoms with E-state index >= 15 is 0 Å². The molecule has 0 saturated carbocycles. The van der Waals surface area contributed by atoms with Crippen molar-refractivity contribution in [3.05, 3.63) is 64.3 Å². The molecule has 0 unspecified atom stereocenters. The molecule has 0 bridgehead atoms. The second-order valence-corrected chi connectivity index (χ2v) is 9.73. The highest BCUT2D eigenvalue weighted by molar-refractivity contribution is 7.89. The van der Waals surface area contributed by atoms with E-state index in [1.54, 1.807) is 0 Å². The number of aromatic amines is 1. The maximum Gasteiger partial charge on any atom is 0.241 e. The lowest BCUT2D eigenvalue weighted by atomic mass is 9.96. The second kappa shape index (κ2) is 6.80. The van der Waals surface area contributed by atoms with Crippen molar-refractivity contribution in [1.82, 2.24) is 9.71 Å². The fourth-order valence-corrected chi connectivity index (χ4v) is 5.82. The molecule has 0 amide bonds. The minimum absolute atomic E-state index is 0.409. The third-order valence-corrected chi connectivity index (χ3v) is 7.26. The molecule has 27 heavy (non-hydrogen) atoms. The van der Waals surface area contributed by atoms with E-state index in [2.05, 4.69) is 15.8 Å². The first-order chi connectivity index (χ1) is 12.5. The summed E-state index contributed by atoms with van der Waals surface area (Å²) in [5, 5.41) is 1.13. The minimum Gasteiger partial charge on any atom is -0.361 e. The Balaban J connectivity index is 1.96. The van der Waals surface area contributed by atoms with Gasteiger partial charge in [-0.15, -0.1) is 0 Å². The van der Waals surface area contributed by atoms with Crippen molar-refractivity contribution in [2.75, 3.05) is 0 Å². The van der Waals surface area contributed by atoms with Crippen LogP contribution in [0.15, 0.2) is 41.4 Å². The first-order valence-electron chi connectivity index (χ1n) is 9.18. The Morgan fingerprint density at radius 1 is 1.00 bits per heavy atom. The molecule has 0 saturated heterocycles. The van der Waals surface area contributed by atoms with Crippen molar-refractivity contribution in [2.45, 2.75) is 58.4 Å². The molecule has 0 aliphatic rings. The first kappa shape index (κ1) is 19.6. The number of hydrogen-bond acceptors (Lipinski definition) is 2. The Labute approximate surface area is 162 Å². The van der Waals surface area contributed by atoms with Gasteiger partial charge < -0.3 is 4.98 Å². The van der Waals surface area contributed by atoms with Gasteiger partial charge in [-0.3, -0.25) is 0 Å². The van der Waals surface area contributed by atoms with Crippen LogP contribution in [0.1, 0.15) is 41.7 Å². The van der Waals surface area contributed by atoms with Crippen LogP contribution in [0.3, 0.4) is 0 Å². The summed E-state index contributed by atoms with van der Waals surface area (Å²) in [5.41, 5.74) is 5.16. The summed E-state index contributed by atoms with van der Waals surface area (Å²) in [6.07, 6.45) is 2.56. The fourth-order valence-electron chi connectivity index (χ4n) is 3.79. The number of H-pyrrole nitrogens is 1. The summed E-state index contributed by atoms with van der Waals surface area (Å²) in [4.78, 5) is 3.67. The zero-order valence-corrected chi connectivity index (χ0v) is 17.7. The molecule has 1 aromatic heterocycles. The summed E-state index contributed by atoms with van der Waals surface area (Å²) in [6.45, 7) is 11.5. The van der Waals surface area contributed by atoms with Crippen LogP contribution < -0.4 is 4.72 Å². The fraction of sp³-hybridized carbons (Fsp3) is 0.364. The van der Waals surface area contributed by atoms with Gasteiger partial charge in [0.15, 0.2) is 0 Å². The zero-order chi connectivity index (χ0) is 20.0. The van der Waals surface area contributed by atoms with Crippen LogP contribution in [0.2, 0.25) is 0 Å². The molecule has 5 heteroatoms. The average molecular weight is 385 g/mol. The molecule has 144 valence electrons. The number of para-hydroxylation sites is 1. The second-order valence-electron chi connectivity index (χ2n) is 8.12. The van der Waals surface area contributed by atoms with Crippen LogP contribution in [0, 0.1) is 27.7 Å². The molecule has 2 aromatic carbocycles. The van der Waals surface area contributed by atoms with Crippen molar-refractivity contribution >= 4 is 20.9 Å². The van der Waals surface area contributed by atoms with Gasteiger partial charge in [-0.25, -0.2) is 13.1 Å². The number of rotatable bonds is 5. The maximum absolute atomic E-state index is 13.3. The molecular weight excluding hydrogens is 356 g/mol. The lowest BCUT2D eigenvalue weighted by Crippen LogP contribution is -2.45. The van der Waals surface area contributed by atoms with Crippen molar-refractivity contribution < 1.29 is 8.42 Å². The van der Waals surface area contributed by atoms with Crippen LogP contribution in [0.5, 0.6) is 0 Å². The Hall–Kier alpha value is -2.11. The Morgan fingerprint density at radius 2 is 1.59 bits per heavy atom. The van der Waals surface area contributed by atoms with Gasteiger partial charge in [-0.05, 0) is 81.8 Å². The minimum atomic E-state index is -3.64. The van der Waals surface area contributed by atoms with Crippen molar-refractivity contribution in [3.63, 3.8) is 0 Å². The van der Waals surface area contributed by atoms with Gasteiger partial charge in [0.1, 0.15) is 0 Å². The van der Waals surface area contributed by atoms with Crippen molar-refractivity contribution in [3.8, 4) is 0 Å². The standard InChI is InChI=1S/C22H28N2O2S/c1-14-11-15(2)17(4)21(16(14)3)27(25,26)24-22(5,6)12-18-13-23-20-10-8-7-9-19(18)20/h7-11,13,23-24H,12H2,1-6H3. The molecule has 0 aliphatic carbocycles. The predicted molar refractivity (Wildman–Crippen MR) is 112 cm³/mol. The summed E-state index contributed by atoms with van der Waals surface area (Å²) in [6, 6.07) is 10.1.